The van der Waals surface area contributed by atoms with Gasteiger partial charge in [-0.1, -0.05) is 18.2 Å². The molecule has 0 unspecified atom stereocenters. The van der Waals surface area contributed by atoms with Gasteiger partial charge in [-0.3, -0.25) is 0 Å². The number of piperidine rings is 1. The van der Waals surface area contributed by atoms with Crippen LogP contribution in [-0.4, -0.2) is 100 Å². The molecule has 0 aromatic heterocycles. The Bertz CT molecular complexity index is 1320. The minimum absolute atomic E-state index is 0.00390. The van der Waals surface area contributed by atoms with Crippen LogP contribution in [0.4, 0.5) is 10.5 Å². The summed E-state index contributed by atoms with van der Waals surface area (Å²) < 4.78 is 41.0. The molecule has 0 bridgehead atoms. The van der Waals surface area contributed by atoms with Gasteiger partial charge in [0, 0.05) is 45.4 Å². The minimum Gasteiger partial charge on any atom is -0.493 e. The van der Waals surface area contributed by atoms with Gasteiger partial charge in [0.05, 0.1) is 51.3 Å². The zero-order valence-corrected chi connectivity index (χ0v) is 29.9. The van der Waals surface area contributed by atoms with Crippen molar-refractivity contribution in [3.05, 3.63) is 53.1 Å². The van der Waals surface area contributed by atoms with Gasteiger partial charge in [0.15, 0.2) is 0 Å². The number of likely N-dealkylation sites (tertiary alicyclic amines) is 1. The molecule has 48 heavy (non-hydrogen) atoms. The minimum atomic E-state index is -1.44. The van der Waals surface area contributed by atoms with Crippen LogP contribution in [0.2, 0.25) is 0 Å². The maximum atomic E-state index is 13.2. The first-order chi connectivity index (χ1) is 23.0. The molecular formula is C37H56N2O9. The number of nitrogens with zero attached hydrogens (tertiary/aromatic N) is 2. The van der Waals surface area contributed by atoms with Crippen LogP contribution in [0.1, 0.15) is 71.1 Å². The Balaban J connectivity index is 1.58. The fraction of sp³-hybridized carbons (Fsp3) is 0.649. The van der Waals surface area contributed by atoms with E-state index in [4.69, 9.17) is 33.2 Å². The van der Waals surface area contributed by atoms with E-state index in [-0.39, 0.29) is 25.7 Å². The summed E-state index contributed by atoms with van der Waals surface area (Å²) in [6.07, 6.45) is -0.0574. The first-order valence-corrected chi connectivity index (χ1v) is 17.2. The average Bonchev–Trinajstić information content (AvgIpc) is 3.04. The first-order valence-electron chi connectivity index (χ1n) is 17.2. The Hall–Kier alpha value is -3.09. The van der Waals surface area contributed by atoms with E-state index in [2.05, 4.69) is 11.0 Å². The van der Waals surface area contributed by atoms with Crippen LogP contribution in [-0.2, 0) is 42.5 Å². The van der Waals surface area contributed by atoms with Gasteiger partial charge in [0.25, 0.3) is 0 Å². The van der Waals surface area contributed by atoms with E-state index in [9.17, 15) is 9.90 Å². The molecule has 11 heteroatoms. The largest absolute Gasteiger partial charge is 0.493 e. The number of hydrogen-bond acceptors (Lipinski definition) is 10. The molecule has 268 valence electrons. The molecule has 0 spiro atoms. The van der Waals surface area contributed by atoms with Crippen molar-refractivity contribution in [1.82, 2.24) is 4.90 Å². The van der Waals surface area contributed by atoms with Crippen molar-refractivity contribution in [1.29, 1.82) is 0 Å². The van der Waals surface area contributed by atoms with Crippen molar-refractivity contribution < 1.29 is 43.1 Å². The molecule has 4 rings (SSSR count). The smallest absolute Gasteiger partial charge is 0.410 e. The van der Waals surface area contributed by atoms with E-state index in [1.165, 1.54) is 0 Å². The van der Waals surface area contributed by atoms with Crippen molar-refractivity contribution in [3.63, 3.8) is 0 Å². The second-order valence-electron chi connectivity index (χ2n) is 13.4. The molecule has 0 radical (unpaired) electrons. The lowest BCUT2D eigenvalue weighted by molar-refractivity contribution is -0.155. The lowest BCUT2D eigenvalue weighted by Crippen LogP contribution is -2.56. The van der Waals surface area contributed by atoms with Crippen LogP contribution < -0.4 is 14.4 Å². The van der Waals surface area contributed by atoms with Gasteiger partial charge in [-0.25, -0.2) is 4.79 Å². The highest BCUT2D eigenvalue weighted by Crippen LogP contribution is 2.41. The maximum absolute atomic E-state index is 13.2. The summed E-state index contributed by atoms with van der Waals surface area (Å²) in [5.41, 5.74) is 1.40. The predicted molar refractivity (Wildman–Crippen MR) is 184 cm³/mol. The number of carbonyl (C=O) groups excluding carboxylic acids is 1. The Morgan fingerprint density at radius 2 is 1.85 bits per heavy atom. The van der Waals surface area contributed by atoms with Crippen LogP contribution in [0.15, 0.2) is 36.4 Å². The molecule has 2 aliphatic rings. The van der Waals surface area contributed by atoms with E-state index in [0.717, 1.165) is 42.1 Å². The third-order valence-corrected chi connectivity index (χ3v) is 8.43. The van der Waals surface area contributed by atoms with Crippen LogP contribution in [0.3, 0.4) is 0 Å². The summed E-state index contributed by atoms with van der Waals surface area (Å²) in [5, 5.41) is 12.5. The first kappa shape index (κ1) is 37.7. The van der Waals surface area contributed by atoms with Gasteiger partial charge in [-0.05, 0) is 77.3 Å². The Labute approximate surface area is 286 Å². The number of rotatable bonds is 16. The molecule has 1 N–H and O–H groups in total. The highest BCUT2D eigenvalue weighted by molar-refractivity contribution is 5.68. The molecule has 3 atom stereocenters. The lowest BCUT2D eigenvalue weighted by Gasteiger charge is -2.45. The molecule has 0 saturated carbocycles. The fourth-order valence-electron chi connectivity index (χ4n) is 6.10. The van der Waals surface area contributed by atoms with Gasteiger partial charge in [-0.2, -0.15) is 0 Å². The third kappa shape index (κ3) is 10.2. The average molecular weight is 673 g/mol. The van der Waals surface area contributed by atoms with Crippen molar-refractivity contribution >= 4 is 11.8 Å². The molecule has 2 aromatic carbocycles. The second-order valence-corrected chi connectivity index (χ2v) is 13.4. The van der Waals surface area contributed by atoms with Gasteiger partial charge < -0.3 is 48.1 Å². The van der Waals surface area contributed by atoms with Gasteiger partial charge in [-0.15, -0.1) is 0 Å². The Kier molecular flexibility index (Phi) is 13.8. The highest BCUT2D eigenvalue weighted by atomic mass is 16.6. The van der Waals surface area contributed by atoms with Crippen LogP contribution in [0, 0.1) is 0 Å². The van der Waals surface area contributed by atoms with Gasteiger partial charge >= 0.3 is 6.09 Å². The molecule has 0 aliphatic carbocycles. The number of amides is 1. The number of hydrogen-bond donors (Lipinski definition) is 1. The van der Waals surface area contributed by atoms with Crippen molar-refractivity contribution in [3.8, 4) is 11.5 Å². The molecule has 2 heterocycles. The molecule has 1 fully saturated rings. The molecule has 2 aliphatic heterocycles. The quantitative estimate of drug-likeness (QED) is 0.224. The summed E-state index contributed by atoms with van der Waals surface area (Å²) in [4.78, 5) is 17.1. The fourth-order valence-corrected chi connectivity index (χ4v) is 6.10. The monoisotopic (exact) mass is 672 g/mol. The molecule has 1 amide bonds. The standard InChI is InChI=1S/C37H56N2O9/c1-8-44-27(3)24-43-25-29-11-13-30(33(22-29)45-9-2)37(41)15-17-39(35(40)48-36(4,5)6)23-34(37)47-26-28-12-14-32-31(21-28)38(18-20-46-32)16-10-19-42-7/h11-14,21-22,27,34,41H,8-10,15-20,23-26H2,1-7H3/t27-,34+,37+/m1/s1. The van der Waals surface area contributed by atoms with Gasteiger partial charge in [0.2, 0.25) is 0 Å². The number of anilines is 1. The summed E-state index contributed by atoms with van der Waals surface area (Å²) in [6.45, 7) is 16.9. The zero-order valence-electron chi connectivity index (χ0n) is 29.9. The van der Waals surface area contributed by atoms with E-state index in [1.54, 1.807) is 12.0 Å². The van der Waals surface area contributed by atoms with Crippen LogP contribution in [0.25, 0.3) is 0 Å². The molecule has 11 nitrogen and oxygen atoms in total. The van der Waals surface area contributed by atoms with Crippen molar-refractivity contribution in [2.45, 2.75) is 91.0 Å². The van der Waals surface area contributed by atoms with Crippen LogP contribution >= 0.6 is 0 Å². The Morgan fingerprint density at radius 3 is 2.58 bits per heavy atom. The number of benzene rings is 2. The highest BCUT2D eigenvalue weighted by Gasteiger charge is 2.47. The number of ether oxygens (including phenoxy) is 7. The second kappa shape index (κ2) is 17.5. The predicted octanol–water partition coefficient (Wildman–Crippen LogP) is 5.68. The summed E-state index contributed by atoms with van der Waals surface area (Å²) in [6, 6.07) is 11.8. The van der Waals surface area contributed by atoms with E-state index < -0.39 is 23.4 Å². The molecule has 1 saturated heterocycles. The summed E-state index contributed by atoms with van der Waals surface area (Å²) >= 11 is 0. The summed E-state index contributed by atoms with van der Waals surface area (Å²) in [7, 11) is 1.71. The van der Waals surface area contributed by atoms with Crippen LogP contribution in [0.5, 0.6) is 11.5 Å². The van der Waals surface area contributed by atoms with Crippen molar-refractivity contribution in [2.24, 2.45) is 0 Å². The van der Waals surface area contributed by atoms with E-state index in [0.29, 0.717) is 57.5 Å². The van der Waals surface area contributed by atoms with Gasteiger partial charge in [0.1, 0.15) is 35.4 Å². The molecular weight excluding hydrogens is 616 g/mol. The number of methoxy groups -OCH3 is 1. The number of carbonyl (C=O) groups is 1. The van der Waals surface area contributed by atoms with E-state index >= 15 is 0 Å². The van der Waals surface area contributed by atoms with E-state index in [1.807, 2.05) is 71.9 Å². The normalized spacial score (nSPS) is 20.2. The third-order valence-electron chi connectivity index (χ3n) is 8.43. The molecule has 2 aromatic rings. The number of fused-ring (bicyclic) bond motifs is 1. The van der Waals surface area contributed by atoms with Crippen molar-refractivity contribution in [2.75, 3.05) is 71.2 Å². The SMILES string of the molecule is CCOc1cc(COC[C@@H](C)OCC)ccc1[C@@]1(O)CCN(C(=O)OC(C)(C)C)C[C@@H]1OCc1ccc2c(c1)N(CCCOC)CCO2. The Morgan fingerprint density at radius 1 is 1.08 bits per heavy atom. The summed E-state index contributed by atoms with van der Waals surface area (Å²) in [5.74, 6) is 1.40. The topological polar surface area (TPSA) is 108 Å². The maximum Gasteiger partial charge on any atom is 0.410 e. The zero-order chi connectivity index (χ0) is 34.7. The lowest BCUT2D eigenvalue weighted by atomic mass is 9.81. The number of aliphatic hydroxyl groups is 1.